The van der Waals surface area contributed by atoms with Crippen LogP contribution in [0.3, 0.4) is 0 Å². The standard InChI is InChI=1S/C18H15ClN2O3/c19-14-6-7-15-12(9-14)8-13(10-24-15)18(23)21-16(17(20)22)11-4-2-1-3-5-11/h1-9,16H,10H2,(H2,20,22)(H,21,23). The van der Waals surface area contributed by atoms with Gasteiger partial charge in [-0.05, 0) is 29.8 Å². The predicted octanol–water partition coefficient (Wildman–Crippen LogP) is 2.46. The first-order valence-electron chi connectivity index (χ1n) is 7.32. The SMILES string of the molecule is NC(=O)C(NC(=O)C1=Cc2cc(Cl)ccc2OC1)c1ccccc1. The number of nitrogens with one attached hydrogen (secondary N) is 1. The van der Waals surface area contributed by atoms with E-state index < -0.39 is 17.9 Å². The van der Waals surface area contributed by atoms with Gasteiger partial charge < -0.3 is 15.8 Å². The van der Waals surface area contributed by atoms with E-state index in [-0.39, 0.29) is 6.61 Å². The van der Waals surface area contributed by atoms with Gasteiger partial charge in [0.2, 0.25) is 5.91 Å². The molecule has 1 aliphatic heterocycles. The zero-order valence-corrected chi connectivity index (χ0v) is 13.4. The summed E-state index contributed by atoms with van der Waals surface area (Å²) in [6.07, 6.45) is 1.70. The normalized spacial score (nSPS) is 14.0. The average molecular weight is 343 g/mol. The monoisotopic (exact) mass is 342 g/mol. The van der Waals surface area contributed by atoms with Crippen LogP contribution in [0.5, 0.6) is 5.75 Å². The van der Waals surface area contributed by atoms with Crippen molar-refractivity contribution in [3.8, 4) is 5.75 Å². The number of amides is 2. The quantitative estimate of drug-likeness (QED) is 0.895. The molecule has 0 radical (unpaired) electrons. The zero-order chi connectivity index (χ0) is 17.1. The molecule has 2 amide bonds. The van der Waals surface area contributed by atoms with Gasteiger partial charge in [0.05, 0.1) is 5.57 Å². The van der Waals surface area contributed by atoms with E-state index in [2.05, 4.69) is 5.32 Å². The predicted molar refractivity (Wildman–Crippen MR) is 91.4 cm³/mol. The summed E-state index contributed by atoms with van der Waals surface area (Å²) >= 11 is 5.96. The van der Waals surface area contributed by atoms with Crippen molar-refractivity contribution >= 4 is 29.5 Å². The molecule has 3 N–H and O–H groups in total. The Balaban J connectivity index is 1.83. The third kappa shape index (κ3) is 3.41. The van der Waals surface area contributed by atoms with Crippen LogP contribution in [0.1, 0.15) is 17.2 Å². The lowest BCUT2D eigenvalue weighted by molar-refractivity contribution is -0.125. The van der Waals surface area contributed by atoms with Gasteiger partial charge in [0.15, 0.2) is 0 Å². The Hall–Kier alpha value is -2.79. The summed E-state index contributed by atoms with van der Waals surface area (Å²) < 4.78 is 5.56. The number of benzene rings is 2. The lowest BCUT2D eigenvalue weighted by Crippen LogP contribution is -2.39. The van der Waals surface area contributed by atoms with Crippen molar-refractivity contribution in [2.75, 3.05) is 6.61 Å². The van der Waals surface area contributed by atoms with E-state index >= 15 is 0 Å². The molecule has 1 atom stereocenters. The lowest BCUT2D eigenvalue weighted by Gasteiger charge is -2.20. The van der Waals surface area contributed by atoms with Gasteiger partial charge in [-0.3, -0.25) is 9.59 Å². The maximum Gasteiger partial charge on any atom is 0.251 e. The molecule has 1 heterocycles. The molecule has 0 aliphatic carbocycles. The van der Waals surface area contributed by atoms with Crippen LogP contribution in [0.25, 0.3) is 6.08 Å². The molecule has 0 fully saturated rings. The van der Waals surface area contributed by atoms with Gasteiger partial charge >= 0.3 is 0 Å². The second kappa shape index (κ2) is 6.76. The fourth-order valence-corrected chi connectivity index (χ4v) is 2.65. The molecule has 24 heavy (non-hydrogen) atoms. The molecule has 0 spiro atoms. The molecular weight excluding hydrogens is 328 g/mol. The topological polar surface area (TPSA) is 81.4 Å². The first kappa shape index (κ1) is 16.1. The van der Waals surface area contributed by atoms with Crippen LogP contribution >= 0.6 is 11.6 Å². The Kier molecular flexibility index (Phi) is 4.53. The molecule has 3 rings (SSSR count). The molecule has 2 aromatic carbocycles. The molecule has 6 heteroatoms. The maximum absolute atomic E-state index is 12.5. The highest BCUT2D eigenvalue weighted by molar-refractivity contribution is 6.30. The molecule has 1 unspecified atom stereocenters. The van der Waals surface area contributed by atoms with E-state index in [1.807, 2.05) is 6.07 Å². The fraction of sp³-hybridized carbons (Fsp3) is 0.111. The first-order chi connectivity index (χ1) is 11.5. The van der Waals surface area contributed by atoms with Crippen molar-refractivity contribution in [2.45, 2.75) is 6.04 Å². The zero-order valence-electron chi connectivity index (χ0n) is 12.7. The lowest BCUT2D eigenvalue weighted by atomic mass is 10.0. The fourth-order valence-electron chi connectivity index (χ4n) is 2.47. The molecule has 122 valence electrons. The number of carbonyl (C=O) groups excluding carboxylic acids is 2. The van der Waals surface area contributed by atoms with E-state index in [9.17, 15) is 9.59 Å². The number of rotatable bonds is 4. The van der Waals surface area contributed by atoms with E-state index in [0.717, 1.165) is 0 Å². The Morgan fingerprint density at radius 2 is 1.92 bits per heavy atom. The van der Waals surface area contributed by atoms with Crippen molar-refractivity contribution in [2.24, 2.45) is 5.73 Å². The molecule has 2 aromatic rings. The van der Waals surface area contributed by atoms with Gasteiger partial charge in [-0.2, -0.15) is 0 Å². The molecule has 0 aromatic heterocycles. The van der Waals surface area contributed by atoms with E-state index in [1.54, 1.807) is 48.5 Å². The minimum absolute atomic E-state index is 0.112. The number of ether oxygens (including phenoxy) is 1. The van der Waals surface area contributed by atoms with Crippen molar-refractivity contribution < 1.29 is 14.3 Å². The van der Waals surface area contributed by atoms with E-state index in [4.69, 9.17) is 22.1 Å². The van der Waals surface area contributed by atoms with Gasteiger partial charge in [0, 0.05) is 10.6 Å². The molecular formula is C18H15ClN2O3. The van der Waals surface area contributed by atoms with Gasteiger partial charge in [0.25, 0.3) is 5.91 Å². The van der Waals surface area contributed by atoms with Crippen LogP contribution in [0.2, 0.25) is 5.02 Å². The Bertz CT molecular complexity index is 818. The number of hydrogen-bond acceptors (Lipinski definition) is 3. The summed E-state index contributed by atoms with van der Waals surface area (Å²) in [7, 11) is 0. The number of halogens is 1. The number of fused-ring (bicyclic) bond motifs is 1. The average Bonchev–Trinajstić information content (AvgIpc) is 2.59. The van der Waals surface area contributed by atoms with Crippen LogP contribution in [0.4, 0.5) is 0 Å². The number of primary amides is 1. The largest absolute Gasteiger partial charge is 0.488 e. The maximum atomic E-state index is 12.5. The number of nitrogens with two attached hydrogens (primary N) is 1. The Morgan fingerprint density at radius 3 is 2.62 bits per heavy atom. The molecule has 5 nitrogen and oxygen atoms in total. The van der Waals surface area contributed by atoms with Gasteiger partial charge in [-0.1, -0.05) is 41.9 Å². The van der Waals surface area contributed by atoms with Crippen LogP contribution in [-0.2, 0) is 9.59 Å². The van der Waals surface area contributed by atoms with E-state index in [0.29, 0.717) is 27.5 Å². The first-order valence-corrected chi connectivity index (χ1v) is 7.70. The summed E-state index contributed by atoms with van der Waals surface area (Å²) in [6, 6.07) is 13.1. The molecule has 0 saturated carbocycles. The Morgan fingerprint density at radius 1 is 1.17 bits per heavy atom. The molecule has 0 bridgehead atoms. The highest BCUT2D eigenvalue weighted by atomic mass is 35.5. The summed E-state index contributed by atoms with van der Waals surface area (Å²) in [4.78, 5) is 24.2. The second-order valence-electron chi connectivity index (χ2n) is 5.36. The van der Waals surface area contributed by atoms with E-state index in [1.165, 1.54) is 0 Å². The van der Waals surface area contributed by atoms with Crippen molar-refractivity contribution in [1.29, 1.82) is 0 Å². The molecule has 1 aliphatic rings. The minimum atomic E-state index is -0.902. The highest BCUT2D eigenvalue weighted by Gasteiger charge is 2.24. The minimum Gasteiger partial charge on any atom is -0.488 e. The van der Waals surface area contributed by atoms with Gasteiger partial charge in [0.1, 0.15) is 18.4 Å². The van der Waals surface area contributed by atoms with Gasteiger partial charge in [-0.25, -0.2) is 0 Å². The Labute approximate surface area is 144 Å². The summed E-state index contributed by atoms with van der Waals surface area (Å²) in [5.41, 5.74) is 7.16. The summed E-state index contributed by atoms with van der Waals surface area (Å²) in [5.74, 6) is -0.380. The third-order valence-corrected chi connectivity index (χ3v) is 3.90. The highest BCUT2D eigenvalue weighted by Crippen LogP contribution is 2.29. The summed E-state index contributed by atoms with van der Waals surface area (Å²) in [5, 5.41) is 3.20. The second-order valence-corrected chi connectivity index (χ2v) is 5.80. The van der Waals surface area contributed by atoms with Crippen LogP contribution in [0, 0.1) is 0 Å². The smallest absolute Gasteiger partial charge is 0.251 e. The van der Waals surface area contributed by atoms with Crippen molar-refractivity contribution in [1.82, 2.24) is 5.32 Å². The van der Waals surface area contributed by atoms with Crippen molar-refractivity contribution in [3.63, 3.8) is 0 Å². The molecule has 0 saturated heterocycles. The van der Waals surface area contributed by atoms with Crippen LogP contribution in [-0.4, -0.2) is 18.4 Å². The summed E-state index contributed by atoms with van der Waals surface area (Å²) in [6.45, 7) is 0.112. The van der Waals surface area contributed by atoms with Crippen LogP contribution in [0.15, 0.2) is 54.1 Å². The number of hydrogen-bond donors (Lipinski definition) is 2. The number of carbonyl (C=O) groups is 2. The van der Waals surface area contributed by atoms with Crippen LogP contribution < -0.4 is 15.8 Å². The van der Waals surface area contributed by atoms with Gasteiger partial charge in [-0.15, -0.1) is 0 Å². The van der Waals surface area contributed by atoms with Crippen molar-refractivity contribution in [3.05, 3.63) is 70.3 Å². The third-order valence-electron chi connectivity index (χ3n) is 3.67.